The Labute approximate surface area is 267 Å². The van der Waals surface area contributed by atoms with Crippen molar-refractivity contribution in [1.29, 1.82) is 0 Å². The minimum atomic E-state index is 0.629. The minimum absolute atomic E-state index is 0.629. The van der Waals surface area contributed by atoms with Gasteiger partial charge in [-0.1, -0.05) is 0 Å². The molecule has 5 heterocycles. The largest absolute Gasteiger partial charge is 0.495 e. The molecule has 0 aliphatic carbocycles. The molecule has 0 saturated carbocycles. The normalized spacial score (nSPS) is 11.6. The van der Waals surface area contributed by atoms with Crippen LogP contribution in [0.4, 0.5) is 0 Å². The van der Waals surface area contributed by atoms with Crippen LogP contribution in [0.3, 0.4) is 0 Å². The van der Waals surface area contributed by atoms with Crippen molar-refractivity contribution in [2.24, 2.45) is 0 Å². The SMILES string of the molecule is COc1ccc(C=Cc2nc(C=Cc3ccc(OC)cn3)c(C=Cc3ccc(OC)cn3)nc2C=Cc2ccc(OC)cn2)nc1. The summed E-state index contributed by atoms with van der Waals surface area (Å²) in [5.41, 5.74) is 5.47. The maximum atomic E-state index is 5.24. The summed E-state index contributed by atoms with van der Waals surface area (Å²) >= 11 is 0. The predicted molar refractivity (Wildman–Crippen MR) is 181 cm³/mol. The van der Waals surface area contributed by atoms with Crippen LogP contribution in [0.5, 0.6) is 23.0 Å². The molecule has 5 rings (SSSR count). The van der Waals surface area contributed by atoms with Gasteiger partial charge in [0, 0.05) is 0 Å². The zero-order valence-electron chi connectivity index (χ0n) is 25.9. The van der Waals surface area contributed by atoms with Crippen LogP contribution in [0.1, 0.15) is 45.6 Å². The smallest absolute Gasteiger partial charge is 0.137 e. The number of nitrogens with zero attached hydrogens (tertiary/aromatic N) is 6. The maximum absolute atomic E-state index is 5.24. The molecule has 230 valence electrons. The van der Waals surface area contributed by atoms with Crippen LogP contribution in [0.15, 0.2) is 73.3 Å². The fourth-order valence-electron chi connectivity index (χ4n) is 4.08. The topological polar surface area (TPSA) is 114 Å². The molecule has 0 atom stereocenters. The van der Waals surface area contributed by atoms with Crippen LogP contribution in [0, 0.1) is 0 Å². The van der Waals surface area contributed by atoms with Crippen LogP contribution in [0.2, 0.25) is 0 Å². The number of pyridine rings is 4. The Morgan fingerprint density at radius 1 is 0.348 bits per heavy atom. The second-order valence-electron chi connectivity index (χ2n) is 9.59. The van der Waals surface area contributed by atoms with Crippen molar-refractivity contribution in [3.63, 3.8) is 0 Å². The summed E-state index contributed by atoms with van der Waals surface area (Å²) < 4.78 is 21.0. The van der Waals surface area contributed by atoms with E-state index in [1.807, 2.05) is 97.1 Å². The molecule has 10 nitrogen and oxygen atoms in total. The van der Waals surface area contributed by atoms with E-state index >= 15 is 0 Å². The quantitative estimate of drug-likeness (QED) is 0.149. The zero-order valence-corrected chi connectivity index (χ0v) is 25.9. The highest BCUT2D eigenvalue weighted by Crippen LogP contribution is 2.21. The number of hydrogen-bond acceptors (Lipinski definition) is 10. The van der Waals surface area contributed by atoms with Gasteiger partial charge in [0.15, 0.2) is 0 Å². The standard InChI is InChI=1S/C36H32N6O4/c1-43-29-13-5-25(37-21-29)9-17-33-34(18-10-26-6-14-30(44-2)22-38-26)42-36(20-12-28-8-16-32(46-4)24-40-28)35(41-33)19-11-27-7-15-31(45-3)23-39-27/h5-24H,1-4H3. The van der Waals surface area contributed by atoms with Gasteiger partial charge in [0.2, 0.25) is 0 Å². The molecular weight excluding hydrogens is 580 g/mol. The molecule has 0 bridgehead atoms. The van der Waals surface area contributed by atoms with E-state index in [-0.39, 0.29) is 0 Å². The number of rotatable bonds is 12. The molecule has 5 aromatic heterocycles. The third-order valence-electron chi connectivity index (χ3n) is 6.63. The highest BCUT2D eigenvalue weighted by atomic mass is 16.5. The van der Waals surface area contributed by atoms with E-state index in [2.05, 4.69) is 19.9 Å². The third kappa shape index (κ3) is 8.48. The van der Waals surface area contributed by atoms with E-state index in [1.165, 1.54) is 0 Å². The van der Waals surface area contributed by atoms with Crippen molar-refractivity contribution in [3.05, 3.63) is 119 Å². The van der Waals surface area contributed by atoms with Gasteiger partial charge >= 0.3 is 0 Å². The fourth-order valence-corrected chi connectivity index (χ4v) is 4.08. The van der Waals surface area contributed by atoms with Crippen molar-refractivity contribution in [3.8, 4) is 23.0 Å². The second kappa shape index (κ2) is 15.5. The van der Waals surface area contributed by atoms with Crippen LogP contribution in [0.25, 0.3) is 48.6 Å². The molecule has 0 unspecified atom stereocenters. The molecule has 0 saturated heterocycles. The molecule has 46 heavy (non-hydrogen) atoms. The van der Waals surface area contributed by atoms with Crippen molar-refractivity contribution in [2.75, 3.05) is 28.4 Å². The summed E-state index contributed by atoms with van der Waals surface area (Å²) in [6.45, 7) is 0. The number of ether oxygens (including phenoxy) is 4. The molecule has 0 spiro atoms. The molecule has 10 heteroatoms. The first-order valence-electron chi connectivity index (χ1n) is 14.2. The first kappa shape index (κ1) is 31.3. The molecule has 0 fully saturated rings. The monoisotopic (exact) mass is 612 g/mol. The molecule has 5 aromatic rings. The first-order chi connectivity index (χ1) is 22.6. The Morgan fingerprint density at radius 3 is 0.761 bits per heavy atom. The number of aromatic nitrogens is 6. The summed E-state index contributed by atoms with van der Waals surface area (Å²) in [7, 11) is 6.43. The molecular formula is C36H32N6O4. The zero-order chi connectivity index (χ0) is 32.1. The lowest BCUT2D eigenvalue weighted by molar-refractivity contribution is 0.412. The van der Waals surface area contributed by atoms with Crippen LogP contribution in [-0.2, 0) is 0 Å². The average Bonchev–Trinajstić information content (AvgIpc) is 3.12. The third-order valence-corrected chi connectivity index (χ3v) is 6.63. The van der Waals surface area contributed by atoms with E-state index in [0.29, 0.717) is 45.8 Å². The fraction of sp³-hybridized carbons (Fsp3) is 0.111. The first-order valence-corrected chi connectivity index (χ1v) is 14.2. The van der Waals surface area contributed by atoms with E-state index in [1.54, 1.807) is 53.2 Å². The van der Waals surface area contributed by atoms with Gasteiger partial charge < -0.3 is 18.9 Å². The summed E-state index contributed by atoms with van der Waals surface area (Å²) in [5, 5.41) is 0. The number of hydrogen-bond donors (Lipinski definition) is 0. The molecule has 0 aromatic carbocycles. The van der Waals surface area contributed by atoms with Gasteiger partial charge in [-0.2, -0.15) is 0 Å². The summed E-state index contributed by atoms with van der Waals surface area (Å²) in [6.07, 6.45) is 21.7. The number of methoxy groups -OCH3 is 4. The van der Waals surface area contributed by atoms with Gasteiger partial charge in [-0.05, 0) is 97.1 Å². The van der Waals surface area contributed by atoms with Crippen molar-refractivity contribution >= 4 is 48.6 Å². The summed E-state index contributed by atoms with van der Waals surface area (Å²) in [6, 6.07) is 14.9. The van der Waals surface area contributed by atoms with Crippen molar-refractivity contribution < 1.29 is 18.9 Å². The molecule has 0 amide bonds. The Morgan fingerprint density at radius 2 is 0.587 bits per heavy atom. The van der Waals surface area contributed by atoms with Crippen molar-refractivity contribution in [2.45, 2.75) is 0 Å². The van der Waals surface area contributed by atoms with Gasteiger partial charge in [0.1, 0.15) is 23.0 Å². The van der Waals surface area contributed by atoms with E-state index in [9.17, 15) is 0 Å². The highest BCUT2D eigenvalue weighted by molar-refractivity contribution is 5.80. The molecule has 0 aliphatic rings. The highest BCUT2D eigenvalue weighted by Gasteiger charge is 2.09. The molecule has 0 aliphatic heterocycles. The van der Waals surface area contributed by atoms with Gasteiger partial charge in [-0.3, -0.25) is 19.9 Å². The second-order valence-corrected chi connectivity index (χ2v) is 9.59. The maximum Gasteiger partial charge on any atom is 0.137 e. The molecule has 0 radical (unpaired) electrons. The van der Waals surface area contributed by atoms with Gasteiger partial charge in [-0.15, -0.1) is 0 Å². The van der Waals surface area contributed by atoms with Gasteiger partial charge in [0.05, 0.1) is 98.8 Å². The Kier molecular flexibility index (Phi) is 10.6. The van der Waals surface area contributed by atoms with E-state index < -0.39 is 0 Å². The Hall–Kier alpha value is -6.16. The average molecular weight is 613 g/mol. The van der Waals surface area contributed by atoms with Crippen LogP contribution >= 0.6 is 0 Å². The van der Waals surface area contributed by atoms with E-state index in [4.69, 9.17) is 28.9 Å². The Bertz CT molecular complexity index is 1580. The van der Waals surface area contributed by atoms with Crippen LogP contribution in [-0.4, -0.2) is 58.3 Å². The van der Waals surface area contributed by atoms with Gasteiger partial charge in [0.25, 0.3) is 0 Å². The lowest BCUT2D eigenvalue weighted by atomic mass is 10.1. The minimum Gasteiger partial charge on any atom is -0.495 e. The lowest BCUT2D eigenvalue weighted by Crippen LogP contribution is -2.00. The van der Waals surface area contributed by atoms with Crippen molar-refractivity contribution in [1.82, 2.24) is 29.9 Å². The molecule has 0 N–H and O–H groups in total. The van der Waals surface area contributed by atoms with Crippen LogP contribution < -0.4 is 18.9 Å². The van der Waals surface area contributed by atoms with E-state index in [0.717, 1.165) is 22.8 Å². The predicted octanol–water partition coefficient (Wildman–Crippen LogP) is 6.77. The summed E-state index contributed by atoms with van der Waals surface area (Å²) in [4.78, 5) is 27.9. The van der Waals surface area contributed by atoms with Gasteiger partial charge in [-0.25, -0.2) is 9.97 Å². The summed E-state index contributed by atoms with van der Waals surface area (Å²) in [5.74, 6) is 2.70. The Balaban J connectivity index is 1.58. The lowest BCUT2D eigenvalue weighted by Gasteiger charge is -2.07.